The Kier molecular flexibility index (Phi) is 7.76. The third-order valence-corrected chi connectivity index (χ3v) is 5.55. The monoisotopic (exact) mass is 471 g/mol. The van der Waals surface area contributed by atoms with E-state index >= 15 is 0 Å². The molecule has 28 heavy (non-hydrogen) atoms. The molecule has 1 amide bonds. The van der Waals surface area contributed by atoms with Crippen LogP contribution in [0.5, 0.6) is 0 Å². The molecule has 0 spiro atoms. The van der Waals surface area contributed by atoms with Crippen molar-refractivity contribution < 1.29 is 23.9 Å². The fraction of sp³-hybridized carbons (Fsp3) is 0.444. The SMILES string of the molecule is CCCOC(=O)c1c(NC(=O)c2c(Br)cnn2CC)sc(C(=O)OCC)c1C. The lowest BCUT2D eigenvalue weighted by Gasteiger charge is -2.09. The van der Waals surface area contributed by atoms with Crippen molar-refractivity contribution in [2.24, 2.45) is 0 Å². The number of nitrogens with one attached hydrogen (secondary N) is 1. The molecule has 0 saturated carbocycles. The number of esters is 2. The molecule has 0 aliphatic heterocycles. The summed E-state index contributed by atoms with van der Waals surface area (Å²) in [5.41, 5.74) is 0.899. The molecule has 1 N–H and O–H groups in total. The molecule has 0 bridgehead atoms. The van der Waals surface area contributed by atoms with E-state index in [0.29, 0.717) is 28.7 Å². The summed E-state index contributed by atoms with van der Waals surface area (Å²) in [7, 11) is 0. The first-order valence-electron chi connectivity index (χ1n) is 8.85. The first kappa shape index (κ1) is 22.1. The molecule has 8 nitrogen and oxygen atoms in total. The van der Waals surface area contributed by atoms with E-state index in [9.17, 15) is 14.4 Å². The van der Waals surface area contributed by atoms with Gasteiger partial charge in [-0.05, 0) is 48.7 Å². The van der Waals surface area contributed by atoms with Crippen LogP contribution in [0.2, 0.25) is 0 Å². The van der Waals surface area contributed by atoms with Crippen molar-refractivity contribution in [3.63, 3.8) is 0 Å². The van der Waals surface area contributed by atoms with Gasteiger partial charge in [-0.25, -0.2) is 9.59 Å². The van der Waals surface area contributed by atoms with Gasteiger partial charge in [0, 0.05) is 6.54 Å². The average Bonchev–Trinajstić information content (AvgIpc) is 3.19. The average molecular weight is 472 g/mol. The van der Waals surface area contributed by atoms with E-state index in [0.717, 1.165) is 11.3 Å². The summed E-state index contributed by atoms with van der Waals surface area (Å²) in [6.45, 7) is 8.01. The number of amides is 1. The lowest BCUT2D eigenvalue weighted by molar-refractivity contribution is 0.0506. The minimum absolute atomic E-state index is 0.161. The second-order valence-corrected chi connectivity index (χ2v) is 7.60. The Morgan fingerprint density at radius 2 is 1.93 bits per heavy atom. The molecule has 2 aromatic heterocycles. The molecule has 0 unspecified atom stereocenters. The van der Waals surface area contributed by atoms with Crippen molar-refractivity contribution >= 4 is 50.1 Å². The van der Waals surface area contributed by atoms with Gasteiger partial charge in [-0.15, -0.1) is 11.3 Å². The van der Waals surface area contributed by atoms with Crippen LogP contribution in [0.1, 0.15) is 63.3 Å². The highest BCUT2D eigenvalue weighted by molar-refractivity contribution is 9.10. The Hall–Kier alpha value is -2.20. The summed E-state index contributed by atoms with van der Waals surface area (Å²) in [6, 6.07) is 0. The Balaban J connectivity index is 2.44. The molecular weight excluding hydrogens is 450 g/mol. The van der Waals surface area contributed by atoms with Crippen LogP contribution in [0.15, 0.2) is 10.7 Å². The van der Waals surface area contributed by atoms with E-state index in [4.69, 9.17) is 9.47 Å². The van der Waals surface area contributed by atoms with Crippen LogP contribution < -0.4 is 5.32 Å². The van der Waals surface area contributed by atoms with E-state index in [2.05, 4.69) is 26.3 Å². The van der Waals surface area contributed by atoms with Gasteiger partial charge in [0.15, 0.2) is 0 Å². The van der Waals surface area contributed by atoms with Crippen LogP contribution in [0, 0.1) is 6.92 Å². The predicted molar refractivity (Wildman–Crippen MR) is 109 cm³/mol. The summed E-state index contributed by atoms with van der Waals surface area (Å²) in [4.78, 5) is 37.9. The number of aryl methyl sites for hydroxylation is 1. The van der Waals surface area contributed by atoms with Gasteiger partial charge in [-0.3, -0.25) is 9.48 Å². The number of rotatable bonds is 8. The smallest absolute Gasteiger partial charge is 0.348 e. The van der Waals surface area contributed by atoms with Crippen LogP contribution in [0.25, 0.3) is 0 Å². The standard InChI is InChI=1S/C18H22BrN3O5S/c1-5-8-27-17(24)12-10(4)14(18(25)26-7-3)28-16(12)21-15(23)13-11(19)9-20-22(13)6-2/h9H,5-8H2,1-4H3,(H,21,23). The second-order valence-electron chi connectivity index (χ2n) is 5.73. The molecule has 10 heteroatoms. The predicted octanol–water partition coefficient (Wildman–Crippen LogP) is 4.03. The van der Waals surface area contributed by atoms with Gasteiger partial charge < -0.3 is 14.8 Å². The highest BCUT2D eigenvalue weighted by Gasteiger charge is 2.28. The van der Waals surface area contributed by atoms with Crippen LogP contribution in [0.3, 0.4) is 0 Å². The number of carbonyl (C=O) groups excluding carboxylic acids is 3. The molecule has 0 atom stereocenters. The van der Waals surface area contributed by atoms with E-state index in [1.807, 2.05) is 13.8 Å². The molecule has 0 aromatic carbocycles. The van der Waals surface area contributed by atoms with Gasteiger partial charge >= 0.3 is 11.9 Å². The van der Waals surface area contributed by atoms with E-state index in [1.54, 1.807) is 13.8 Å². The van der Waals surface area contributed by atoms with Gasteiger partial charge in [0.25, 0.3) is 5.91 Å². The summed E-state index contributed by atoms with van der Waals surface area (Å²) < 4.78 is 12.3. The maximum Gasteiger partial charge on any atom is 0.348 e. The fourth-order valence-corrected chi connectivity index (χ4v) is 4.06. The quantitative estimate of drug-likeness (QED) is 0.583. The van der Waals surface area contributed by atoms with Gasteiger partial charge in [0.05, 0.1) is 29.4 Å². The van der Waals surface area contributed by atoms with Gasteiger partial charge in [0.2, 0.25) is 0 Å². The van der Waals surface area contributed by atoms with Crippen LogP contribution >= 0.6 is 27.3 Å². The first-order valence-corrected chi connectivity index (χ1v) is 10.5. The first-order chi connectivity index (χ1) is 13.3. The van der Waals surface area contributed by atoms with Crippen molar-refractivity contribution in [1.29, 1.82) is 0 Å². The van der Waals surface area contributed by atoms with Gasteiger partial charge in [0.1, 0.15) is 15.6 Å². The van der Waals surface area contributed by atoms with Crippen LogP contribution in [-0.4, -0.2) is 40.8 Å². The van der Waals surface area contributed by atoms with Gasteiger partial charge in [-0.2, -0.15) is 5.10 Å². The minimum atomic E-state index is -0.593. The van der Waals surface area contributed by atoms with E-state index in [1.165, 1.54) is 10.9 Å². The van der Waals surface area contributed by atoms with Gasteiger partial charge in [-0.1, -0.05) is 6.92 Å². The zero-order valence-electron chi connectivity index (χ0n) is 16.1. The van der Waals surface area contributed by atoms with Crippen molar-refractivity contribution in [3.05, 3.63) is 32.4 Å². The highest BCUT2D eigenvalue weighted by Crippen LogP contribution is 2.35. The number of hydrogen-bond acceptors (Lipinski definition) is 7. The molecule has 2 rings (SSSR count). The molecule has 2 aromatic rings. The topological polar surface area (TPSA) is 99.5 Å². The number of ether oxygens (including phenoxy) is 2. The molecular formula is C18H22BrN3O5S. The minimum Gasteiger partial charge on any atom is -0.462 e. The van der Waals surface area contributed by atoms with E-state index < -0.39 is 17.8 Å². The Morgan fingerprint density at radius 1 is 1.21 bits per heavy atom. The maximum absolute atomic E-state index is 12.8. The Bertz CT molecular complexity index is 890. The number of aromatic nitrogens is 2. The molecule has 0 fully saturated rings. The highest BCUT2D eigenvalue weighted by atomic mass is 79.9. The Labute approximate surface area is 175 Å². The molecule has 0 radical (unpaired) electrons. The number of hydrogen-bond donors (Lipinski definition) is 1. The largest absolute Gasteiger partial charge is 0.462 e. The third kappa shape index (κ3) is 4.61. The van der Waals surface area contributed by atoms with Crippen molar-refractivity contribution in [2.75, 3.05) is 18.5 Å². The molecule has 0 aliphatic rings. The summed E-state index contributed by atoms with van der Waals surface area (Å²) in [5, 5.41) is 7.08. The van der Waals surface area contributed by atoms with Crippen molar-refractivity contribution in [3.8, 4) is 0 Å². The number of thiophene rings is 1. The normalized spacial score (nSPS) is 10.6. The molecule has 2 heterocycles. The number of nitrogens with zero attached hydrogens (tertiary/aromatic N) is 2. The molecule has 0 aliphatic carbocycles. The van der Waals surface area contributed by atoms with E-state index in [-0.39, 0.29) is 28.7 Å². The summed E-state index contributed by atoms with van der Waals surface area (Å²) in [5.74, 6) is -1.59. The van der Waals surface area contributed by atoms with Crippen LogP contribution in [-0.2, 0) is 16.0 Å². The maximum atomic E-state index is 12.8. The lowest BCUT2D eigenvalue weighted by Crippen LogP contribution is -2.19. The van der Waals surface area contributed by atoms with Crippen LogP contribution in [0.4, 0.5) is 5.00 Å². The summed E-state index contributed by atoms with van der Waals surface area (Å²) >= 11 is 4.30. The number of carbonyl (C=O) groups is 3. The molecule has 0 saturated heterocycles. The zero-order valence-corrected chi connectivity index (χ0v) is 18.5. The summed E-state index contributed by atoms with van der Waals surface area (Å²) in [6.07, 6.45) is 2.18. The zero-order chi connectivity index (χ0) is 20.8. The van der Waals surface area contributed by atoms with Crippen molar-refractivity contribution in [1.82, 2.24) is 9.78 Å². The van der Waals surface area contributed by atoms with Crippen molar-refractivity contribution in [2.45, 2.75) is 40.7 Å². The number of halogens is 1. The third-order valence-electron chi connectivity index (χ3n) is 3.79. The number of anilines is 1. The second kappa shape index (κ2) is 9.83. The fourth-order valence-electron chi connectivity index (χ4n) is 2.50. The lowest BCUT2D eigenvalue weighted by atomic mass is 10.1. The molecule has 152 valence electrons. The Morgan fingerprint density at radius 3 is 2.54 bits per heavy atom.